The summed E-state index contributed by atoms with van der Waals surface area (Å²) >= 11 is 0. The SMILES string of the molecule is O=c1c2cn[nH]c2ccn1-c1c(F)cccc1F. The van der Waals surface area contributed by atoms with Gasteiger partial charge >= 0.3 is 0 Å². The standard InChI is InChI=1S/C12H7F2N3O/c13-8-2-1-3-9(14)11(8)17-5-4-10-7(12(17)18)6-15-16-10/h1-6H,(H,15,16). The van der Waals surface area contributed by atoms with E-state index in [1.807, 2.05) is 0 Å². The second-order valence-electron chi connectivity index (χ2n) is 3.76. The summed E-state index contributed by atoms with van der Waals surface area (Å²) in [6.07, 6.45) is 2.64. The van der Waals surface area contributed by atoms with Gasteiger partial charge in [-0.2, -0.15) is 5.10 Å². The molecule has 90 valence electrons. The van der Waals surface area contributed by atoms with Crippen molar-refractivity contribution in [3.8, 4) is 5.69 Å². The van der Waals surface area contributed by atoms with Crippen LogP contribution in [0.15, 0.2) is 41.5 Å². The lowest BCUT2D eigenvalue weighted by Gasteiger charge is -2.07. The highest BCUT2D eigenvalue weighted by Gasteiger charge is 2.13. The molecule has 0 saturated heterocycles. The molecular formula is C12H7F2N3O. The summed E-state index contributed by atoms with van der Waals surface area (Å²) in [5.74, 6) is -1.58. The zero-order valence-corrected chi connectivity index (χ0v) is 9.02. The van der Waals surface area contributed by atoms with E-state index in [1.165, 1.54) is 24.5 Å². The third-order valence-electron chi connectivity index (χ3n) is 2.69. The van der Waals surface area contributed by atoms with Crippen molar-refractivity contribution in [2.24, 2.45) is 0 Å². The number of aromatic amines is 1. The second-order valence-corrected chi connectivity index (χ2v) is 3.76. The molecule has 0 bridgehead atoms. The van der Waals surface area contributed by atoms with Crippen LogP contribution in [0.3, 0.4) is 0 Å². The van der Waals surface area contributed by atoms with Crippen molar-refractivity contribution < 1.29 is 8.78 Å². The van der Waals surface area contributed by atoms with Crippen LogP contribution in [0.5, 0.6) is 0 Å². The molecule has 3 rings (SSSR count). The molecule has 0 spiro atoms. The number of pyridine rings is 1. The second kappa shape index (κ2) is 3.76. The predicted octanol–water partition coefficient (Wildman–Crippen LogP) is 1.99. The maximum atomic E-state index is 13.6. The maximum absolute atomic E-state index is 13.6. The summed E-state index contributed by atoms with van der Waals surface area (Å²) in [7, 11) is 0. The van der Waals surface area contributed by atoms with E-state index in [0.29, 0.717) is 5.52 Å². The number of halogens is 2. The minimum atomic E-state index is -0.792. The summed E-state index contributed by atoms with van der Waals surface area (Å²) < 4.78 is 28.2. The molecule has 3 aromatic rings. The van der Waals surface area contributed by atoms with Crippen LogP contribution in [0.1, 0.15) is 0 Å². The molecular weight excluding hydrogens is 240 g/mol. The molecule has 1 N–H and O–H groups in total. The van der Waals surface area contributed by atoms with E-state index in [-0.39, 0.29) is 11.1 Å². The Labute approximate surface area is 99.5 Å². The fourth-order valence-electron chi connectivity index (χ4n) is 1.84. The first kappa shape index (κ1) is 10.6. The van der Waals surface area contributed by atoms with Crippen molar-refractivity contribution in [3.05, 3.63) is 58.6 Å². The van der Waals surface area contributed by atoms with E-state index in [2.05, 4.69) is 10.2 Å². The van der Waals surface area contributed by atoms with Crippen LogP contribution in [0.2, 0.25) is 0 Å². The van der Waals surface area contributed by atoms with Crippen molar-refractivity contribution in [2.75, 3.05) is 0 Å². The average molecular weight is 247 g/mol. The quantitative estimate of drug-likeness (QED) is 0.715. The van der Waals surface area contributed by atoms with Crippen LogP contribution < -0.4 is 5.56 Å². The summed E-state index contributed by atoms with van der Waals surface area (Å²) in [5, 5.41) is 6.61. The summed E-state index contributed by atoms with van der Waals surface area (Å²) in [5.41, 5.74) is -0.385. The summed E-state index contributed by atoms with van der Waals surface area (Å²) in [6.45, 7) is 0. The van der Waals surface area contributed by atoms with E-state index in [4.69, 9.17) is 0 Å². The highest BCUT2D eigenvalue weighted by atomic mass is 19.1. The fourth-order valence-corrected chi connectivity index (χ4v) is 1.84. The van der Waals surface area contributed by atoms with Crippen molar-refractivity contribution in [2.45, 2.75) is 0 Å². The third-order valence-corrected chi connectivity index (χ3v) is 2.69. The lowest BCUT2D eigenvalue weighted by molar-refractivity contribution is 0.567. The van der Waals surface area contributed by atoms with Crippen molar-refractivity contribution in [1.82, 2.24) is 14.8 Å². The number of hydrogen-bond acceptors (Lipinski definition) is 2. The van der Waals surface area contributed by atoms with Crippen LogP contribution in [0.25, 0.3) is 16.6 Å². The molecule has 0 aliphatic rings. The van der Waals surface area contributed by atoms with Gasteiger partial charge in [0.2, 0.25) is 0 Å². The predicted molar refractivity (Wildman–Crippen MR) is 61.6 cm³/mol. The fraction of sp³-hybridized carbons (Fsp3) is 0. The smallest absolute Gasteiger partial charge is 0.266 e. The number of nitrogens with one attached hydrogen (secondary N) is 1. The van der Waals surface area contributed by atoms with Crippen LogP contribution in [-0.2, 0) is 0 Å². The molecule has 4 nitrogen and oxygen atoms in total. The molecule has 0 aliphatic carbocycles. The summed E-state index contributed by atoms with van der Waals surface area (Å²) in [6, 6.07) is 4.99. The largest absolute Gasteiger partial charge is 0.278 e. The van der Waals surface area contributed by atoms with E-state index in [0.717, 1.165) is 16.7 Å². The number of fused-ring (bicyclic) bond motifs is 1. The first-order chi connectivity index (χ1) is 8.68. The minimum absolute atomic E-state index is 0.278. The lowest BCUT2D eigenvalue weighted by atomic mass is 10.2. The number of para-hydroxylation sites is 1. The molecule has 0 radical (unpaired) electrons. The van der Waals surface area contributed by atoms with Gasteiger partial charge in [0.05, 0.1) is 17.1 Å². The number of H-pyrrole nitrogens is 1. The number of nitrogens with zero attached hydrogens (tertiary/aromatic N) is 2. The number of rotatable bonds is 1. The van der Waals surface area contributed by atoms with E-state index in [1.54, 1.807) is 0 Å². The van der Waals surface area contributed by atoms with Gasteiger partial charge in [0.15, 0.2) is 0 Å². The van der Waals surface area contributed by atoms with Gasteiger partial charge in [-0.15, -0.1) is 0 Å². The molecule has 2 aromatic heterocycles. The molecule has 0 unspecified atom stereocenters. The Bertz CT molecular complexity index is 771. The maximum Gasteiger partial charge on any atom is 0.266 e. The first-order valence-electron chi connectivity index (χ1n) is 5.17. The Balaban J connectivity index is 2.39. The molecule has 0 fully saturated rings. The number of hydrogen-bond donors (Lipinski definition) is 1. The minimum Gasteiger partial charge on any atom is -0.278 e. The van der Waals surface area contributed by atoms with Crippen LogP contribution >= 0.6 is 0 Å². The molecule has 0 atom stereocenters. The van der Waals surface area contributed by atoms with Crippen LogP contribution in [-0.4, -0.2) is 14.8 Å². The van der Waals surface area contributed by atoms with Gasteiger partial charge in [-0.05, 0) is 18.2 Å². The number of benzene rings is 1. The molecule has 0 amide bonds. The van der Waals surface area contributed by atoms with Gasteiger partial charge in [0.1, 0.15) is 17.3 Å². The van der Waals surface area contributed by atoms with Crippen molar-refractivity contribution in [3.63, 3.8) is 0 Å². The van der Waals surface area contributed by atoms with Gasteiger partial charge in [-0.3, -0.25) is 14.5 Å². The van der Waals surface area contributed by atoms with E-state index >= 15 is 0 Å². The zero-order valence-electron chi connectivity index (χ0n) is 9.02. The molecule has 0 aliphatic heterocycles. The van der Waals surface area contributed by atoms with Gasteiger partial charge in [0, 0.05) is 6.20 Å². The van der Waals surface area contributed by atoms with Crippen LogP contribution in [0.4, 0.5) is 8.78 Å². The average Bonchev–Trinajstić information content (AvgIpc) is 2.80. The lowest BCUT2D eigenvalue weighted by Crippen LogP contribution is -2.19. The van der Waals surface area contributed by atoms with Crippen LogP contribution in [0, 0.1) is 11.6 Å². The van der Waals surface area contributed by atoms with Gasteiger partial charge in [0.25, 0.3) is 5.56 Å². The topological polar surface area (TPSA) is 50.7 Å². The highest BCUT2D eigenvalue weighted by Crippen LogP contribution is 2.16. The number of aromatic nitrogens is 3. The summed E-state index contributed by atoms with van der Waals surface area (Å²) in [4.78, 5) is 12.1. The molecule has 6 heteroatoms. The Kier molecular flexibility index (Phi) is 2.22. The molecule has 1 aromatic carbocycles. The Hall–Kier alpha value is -2.50. The third kappa shape index (κ3) is 1.42. The normalized spacial score (nSPS) is 11.0. The molecule has 0 saturated carbocycles. The van der Waals surface area contributed by atoms with E-state index < -0.39 is 17.2 Å². The zero-order chi connectivity index (χ0) is 12.7. The van der Waals surface area contributed by atoms with Crippen molar-refractivity contribution in [1.29, 1.82) is 0 Å². The first-order valence-corrected chi connectivity index (χ1v) is 5.17. The highest BCUT2D eigenvalue weighted by molar-refractivity contribution is 5.76. The Morgan fingerprint density at radius 3 is 2.61 bits per heavy atom. The molecule has 2 heterocycles. The van der Waals surface area contributed by atoms with Gasteiger partial charge in [-0.1, -0.05) is 6.07 Å². The Morgan fingerprint density at radius 2 is 1.89 bits per heavy atom. The molecule has 18 heavy (non-hydrogen) atoms. The van der Waals surface area contributed by atoms with Gasteiger partial charge < -0.3 is 0 Å². The monoisotopic (exact) mass is 247 g/mol. The Morgan fingerprint density at radius 1 is 1.17 bits per heavy atom. The van der Waals surface area contributed by atoms with Gasteiger partial charge in [-0.25, -0.2) is 8.78 Å². The van der Waals surface area contributed by atoms with E-state index in [9.17, 15) is 13.6 Å². The van der Waals surface area contributed by atoms with Crippen molar-refractivity contribution >= 4 is 10.9 Å².